The maximum atomic E-state index is 11.5. The van der Waals surface area contributed by atoms with Crippen molar-refractivity contribution < 1.29 is 9.53 Å². The Morgan fingerprint density at radius 2 is 1.64 bits per heavy atom. The van der Waals surface area contributed by atoms with Crippen molar-refractivity contribution in [2.24, 2.45) is 4.99 Å². The highest BCUT2D eigenvalue weighted by molar-refractivity contribution is 14.0. The standard InChI is InChI=1S/C17H37N5O2.HI/c1-14(2)22(7)13-9-8-10-19-15(18-6)20-11-12-21-16(23)24-17(3,4)5;/h14H,8-13H2,1-7H3,(H,21,23)(H2,18,19,20);1H. The van der Waals surface area contributed by atoms with Crippen LogP contribution in [0.4, 0.5) is 4.79 Å². The van der Waals surface area contributed by atoms with Crippen LogP contribution in [0.25, 0.3) is 0 Å². The summed E-state index contributed by atoms with van der Waals surface area (Å²) in [6.45, 7) is 13.0. The average molecular weight is 471 g/mol. The van der Waals surface area contributed by atoms with Gasteiger partial charge in [0.1, 0.15) is 5.60 Å². The molecule has 3 N–H and O–H groups in total. The fraction of sp³-hybridized carbons (Fsp3) is 0.882. The summed E-state index contributed by atoms with van der Waals surface area (Å²) in [5, 5.41) is 9.14. The average Bonchev–Trinajstić information content (AvgIpc) is 2.46. The van der Waals surface area contributed by atoms with Crippen molar-refractivity contribution in [3.63, 3.8) is 0 Å². The minimum atomic E-state index is -0.473. The van der Waals surface area contributed by atoms with Crippen molar-refractivity contribution in [1.29, 1.82) is 0 Å². The summed E-state index contributed by atoms with van der Waals surface area (Å²) in [4.78, 5) is 18.0. The number of guanidine groups is 1. The molecule has 150 valence electrons. The third-order valence-corrected chi connectivity index (χ3v) is 3.42. The Kier molecular flexibility index (Phi) is 15.2. The van der Waals surface area contributed by atoms with Crippen molar-refractivity contribution in [2.75, 3.05) is 40.3 Å². The number of nitrogens with zero attached hydrogens (tertiary/aromatic N) is 2. The van der Waals surface area contributed by atoms with Crippen molar-refractivity contribution >= 4 is 36.0 Å². The Balaban J connectivity index is 0. The molecular weight excluding hydrogens is 433 g/mol. The first-order chi connectivity index (χ1) is 11.2. The summed E-state index contributed by atoms with van der Waals surface area (Å²) in [6, 6.07) is 0.588. The SMILES string of the molecule is CN=C(NCCCCN(C)C(C)C)NCCNC(=O)OC(C)(C)C.I. The van der Waals surface area contributed by atoms with E-state index in [1.165, 1.54) is 0 Å². The second-order valence-electron chi connectivity index (χ2n) is 7.14. The summed E-state index contributed by atoms with van der Waals surface area (Å²) >= 11 is 0. The van der Waals surface area contributed by atoms with Gasteiger partial charge in [0.25, 0.3) is 0 Å². The van der Waals surface area contributed by atoms with Gasteiger partial charge in [0.15, 0.2) is 5.96 Å². The van der Waals surface area contributed by atoms with Crippen molar-refractivity contribution in [1.82, 2.24) is 20.9 Å². The molecule has 0 aliphatic rings. The van der Waals surface area contributed by atoms with Crippen molar-refractivity contribution in [2.45, 2.75) is 59.1 Å². The van der Waals surface area contributed by atoms with Gasteiger partial charge < -0.3 is 25.6 Å². The Hall–Kier alpha value is -0.770. The zero-order valence-corrected chi connectivity index (χ0v) is 19.3. The van der Waals surface area contributed by atoms with Crippen LogP contribution < -0.4 is 16.0 Å². The van der Waals surface area contributed by atoms with Crippen LogP contribution in [0.15, 0.2) is 4.99 Å². The smallest absolute Gasteiger partial charge is 0.407 e. The highest BCUT2D eigenvalue weighted by Crippen LogP contribution is 2.05. The molecule has 0 aromatic heterocycles. The van der Waals surface area contributed by atoms with Crippen LogP contribution in [-0.4, -0.2) is 68.9 Å². The number of alkyl carbamates (subject to hydrolysis) is 1. The number of carbonyl (C=O) groups is 1. The lowest BCUT2D eigenvalue weighted by Gasteiger charge is -2.21. The molecule has 0 saturated carbocycles. The van der Waals surface area contributed by atoms with Crippen LogP contribution in [0.1, 0.15) is 47.5 Å². The Labute approximate surface area is 170 Å². The lowest BCUT2D eigenvalue weighted by atomic mass is 10.2. The second kappa shape index (κ2) is 14.4. The Morgan fingerprint density at radius 1 is 1.08 bits per heavy atom. The number of hydrogen-bond donors (Lipinski definition) is 3. The first-order valence-electron chi connectivity index (χ1n) is 8.77. The minimum absolute atomic E-state index is 0. The van der Waals surface area contributed by atoms with Crippen LogP contribution in [-0.2, 0) is 4.74 Å². The van der Waals surface area contributed by atoms with Gasteiger partial charge >= 0.3 is 6.09 Å². The summed E-state index contributed by atoms with van der Waals surface area (Å²) < 4.78 is 5.17. The summed E-state index contributed by atoms with van der Waals surface area (Å²) in [6.07, 6.45) is 1.84. The molecule has 0 fully saturated rings. The van der Waals surface area contributed by atoms with Crippen LogP contribution in [0.2, 0.25) is 0 Å². The number of rotatable bonds is 9. The van der Waals surface area contributed by atoms with Crippen molar-refractivity contribution in [3.8, 4) is 0 Å². The molecule has 7 nitrogen and oxygen atoms in total. The van der Waals surface area contributed by atoms with E-state index in [4.69, 9.17) is 4.74 Å². The summed E-state index contributed by atoms with van der Waals surface area (Å²) in [5.74, 6) is 0.748. The predicted octanol–water partition coefficient (Wildman–Crippen LogP) is 2.41. The molecule has 0 atom stereocenters. The van der Waals surface area contributed by atoms with Gasteiger partial charge in [-0.1, -0.05) is 0 Å². The van der Waals surface area contributed by atoms with Crippen LogP contribution >= 0.6 is 24.0 Å². The van der Waals surface area contributed by atoms with Gasteiger partial charge in [-0.3, -0.25) is 4.99 Å². The summed E-state index contributed by atoms with van der Waals surface area (Å²) in [7, 11) is 3.89. The molecule has 0 bridgehead atoms. The number of hydrogen-bond acceptors (Lipinski definition) is 4. The van der Waals surface area contributed by atoms with Crippen LogP contribution in [0.3, 0.4) is 0 Å². The van der Waals surface area contributed by atoms with E-state index in [2.05, 4.69) is 46.7 Å². The molecule has 1 amide bonds. The third-order valence-electron chi connectivity index (χ3n) is 3.42. The lowest BCUT2D eigenvalue weighted by molar-refractivity contribution is 0.0529. The molecule has 0 saturated heterocycles. The third kappa shape index (κ3) is 16.4. The highest BCUT2D eigenvalue weighted by atomic mass is 127. The van der Waals surface area contributed by atoms with E-state index in [1.54, 1.807) is 7.05 Å². The molecule has 0 aromatic carbocycles. The Morgan fingerprint density at radius 3 is 2.16 bits per heavy atom. The molecule has 0 heterocycles. The first kappa shape index (κ1) is 26.5. The number of halogens is 1. The van der Waals surface area contributed by atoms with Gasteiger partial charge in [0, 0.05) is 32.7 Å². The number of ether oxygens (including phenoxy) is 1. The van der Waals surface area contributed by atoms with E-state index < -0.39 is 11.7 Å². The molecule has 0 aliphatic carbocycles. The predicted molar refractivity (Wildman–Crippen MR) is 116 cm³/mol. The van der Waals surface area contributed by atoms with E-state index in [0.29, 0.717) is 19.1 Å². The number of unbranched alkanes of at least 4 members (excludes halogenated alkanes) is 1. The van der Waals surface area contributed by atoms with E-state index in [-0.39, 0.29) is 24.0 Å². The van der Waals surface area contributed by atoms with Crippen molar-refractivity contribution in [3.05, 3.63) is 0 Å². The number of amides is 1. The molecule has 0 unspecified atom stereocenters. The van der Waals surface area contributed by atoms with Gasteiger partial charge in [-0.05, 0) is 61.1 Å². The number of aliphatic imine (C=N–C) groups is 1. The molecule has 8 heteroatoms. The quantitative estimate of drug-likeness (QED) is 0.208. The van der Waals surface area contributed by atoms with Crippen LogP contribution in [0.5, 0.6) is 0 Å². The fourth-order valence-corrected chi connectivity index (χ4v) is 1.83. The molecule has 25 heavy (non-hydrogen) atoms. The maximum absolute atomic E-state index is 11.5. The van der Waals surface area contributed by atoms with Crippen LogP contribution in [0, 0.1) is 0 Å². The Bertz CT molecular complexity index is 384. The fourth-order valence-electron chi connectivity index (χ4n) is 1.83. The second-order valence-corrected chi connectivity index (χ2v) is 7.14. The normalized spacial score (nSPS) is 12.0. The monoisotopic (exact) mass is 471 g/mol. The minimum Gasteiger partial charge on any atom is -0.444 e. The van der Waals surface area contributed by atoms with Gasteiger partial charge in [0.2, 0.25) is 0 Å². The zero-order valence-electron chi connectivity index (χ0n) is 16.9. The number of carbonyl (C=O) groups excluding carboxylic acids is 1. The first-order valence-corrected chi connectivity index (χ1v) is 8.77. The van der Waals surface area contributed by atoms with Gasteiger partial charge in [-0.2, -0.15) is 0 Å². The molecule has 0 aromatic rings. The highest BCUT2D eigenvalue weighted by Gasteiger charge is 2.15. The summed E-state index contributed by atoms with van der Waals surface area (Å²) in [5.41, 5.74) is -0.473. The molecular formula is C17H38IN5O2. The molecule has 0 spiro atoms. The van der Waals surface area contributed by atoms with E-state index >= 15 is 0 Å². The largest absolute Gasteiger partial charge is 0.444 e. The maximum Gasteiger partial charge on any atom is 0.407 e. The topological polar surface area (TPSA) is 78.0 Å². The number of nitrogens with one attached hydrogen (secondary N) is 3. The molecule has 0 radical (unpaired) electrons. The van der Waals surface area contributed by atoms with E-state index in [0.717, 1.165) is 31.9 Å². The lowest BCUT2D eigenvalue weighted by Crippen LogP contribution is -2.42. The van der Waals surface area contributed by atoms with E-state index in [1.807, 2.05) is 20.8 Å². The molecule has 0 aliphatic heterocycles. The molecule has 0 rings (SSSR count). The zero-order chi connectivity index (χ0) is 18.6. The van der Waals surface area contributed by atoms with E-state index in [9.17, 15) is 4.79 Å². The van der Waals surface area contributed by atoms with Gasteiger partial charge in [-0.25, -0.2) is 4.79 Å². The van der Waals surface area contributed by atoms with Gasteiger partial charge in [-0.15, -0.1) is 24.0 Å². The van der Waals surface area contributed by atoms with Gasteiger partial charge in [0.05, 0.1) is 0 Å².